The molecule has 1 aliphatic rings. The number of aromatic nitrogens is 1. The molecule has 0 N–H and O–H groups in total. The van der Waals surface area contributed by atoms with Gasteiger partial charge in [-0.2, -0.15) is 0 Å². The minimum Gasteiger partial charge on any atom is -0.491 e. The second kappa shape index (κ2) is 8.84. The summed E-state index contributed by atoms with van der Waals surface area (Å²) in [6.07, 6.45) is 3.54. The van der Waals surface area contributed by atoms with Crippen molar-refractivity contribution in [1.82, 2.24) is 9.88 Å². The lowest BCUT2D eigenvalue weighted by Gasteiger charge is -2.44. The highest BCUT2D eigenvalue weighted by atomic mass is 16.6. The third-order valence-corrected chi connectivity index (χ3v) is 4.94. The molecule has 1 fully saturated rings. The normalized spacial score (nSPS) is 16.9. The van der Waals surface area contributed by atoms with Gasteiger partial charge in [-0.15, -0.1) is 0 Å². The molecule has 7 heteroatoms. The first-order valence-electron chi connectivity index (χ1n) is 9.30. The molecule has 0 amide bonds. The molecule has 7 nitrogen and oxygen atoms in total. The Bertz CT molecular complexity index is 792. The second-order valence-corrected chi connectivity index (χ2v) is 6.94. The molecule has 2 heterocycles. The molecule has 1 aliphatic heterocycles. The van der Waals surface area contributed by atoms with E-state index in [0.29, 0.717) is 18.8 Å². The maximum absolute atomic E-state index is 12.8. The van der Waals surface area contributed by atoms with Gasteiger partial charge in [-0.25, -0.2) is 4.79 Å². The van der Waals surface area contributed by atoms with Gasteiger partial charge >= 0.3 is 11.9 Å². The van der Waals surface area contributed by atoms with Crippen LogP contribution in [0.15, 0.2) is 54.9 Å². The minimum atomic E-state index is -1.06. The Labute approximate surface area is 164 Å². The van der Waals surface area contributed by atoms with Gasteiger partial charge < -0.3 is 14.4 Å². The predicted molar refractivity (Wildman–Crippen MR) is 105 cm³/mol. The Morgan fingerprint density at radius 2 is 1.68 bits per heavy atom. The van der Waals surface area contributed by atoms with Gasteiger partial charge in [0.05, 0.1) is 0 Å². The SMILES string of the molecule is CC(=O)OC(=O)C(C)(COc1ccccc1)N1CCN(c2ccncc2)CC1. The Kier molecular flexibility index (Phi) is 6.26. The van der Waals surface area contributed by atoms with Crippen molar-refractivity contribution in [3.63, 3.8) is 0 Å². The first-order chi connectivity index (χ1) is 13.5. The fraction of sp³-hybridized carbons (Fsp3) is 0.381. The zero-order chi connectivity index (χ0) is 20.0. The zero-order valence-corrected chi connectivity index (χ0v) is 16.2. The highest BCUT2D eigenvalue weighted by molar-refractivity contribution is 5.90. The standard InChI is InChI=1S/C21H25N3O4/c1-17(25)28-20(26)21(2,16-27-19-6-4-3-5-7-19)24-14-12-23(13-15-24)18-8-10-22-11-9-18/h3-11H,12-16H2,1-2H3. The molecular formula is C21H25N3O4. The van der Waals surface area contributed by atoms with E-state index in [1.54, 1.807) is 19.3 Å². The number of anilines is 1. The highest BCUT2D eigenvalue weighted by Crippen LogP contribution is 2.24. The number of esters is 2. The smallest absolute Gasteiger partial charge is 0.337 e. The maximum Gasteiger partial charge on any atom is 0.337 e. The minimum absolute atomic E-state index is 0.0956. The molecule has 1 unspecified atom stereocenters. The fourth-order valence-electron chi connectivity index (χ4n) is 3.27. The van der Waals surface area contributed by atoms with Gasteiger partial charge in [0.2, 0.25) is 0 Å². The van der Waals surface area contributed by atoms with Crippen molar-refractivity contribution in [2.24, 2.45) is 0 Å². The zero-order valence-electron chi connectivity index (χ0n) is 16.2. The number of carbonyl (C=O) groups excluding carboxylic acids is 2. The van der Waals surface area contributed by atoms with Gasteiger partial charge in [-0.1, -0.05) is 18.2 Å². The Balaban J connectivity index is 1.71. The first kappa shape index (κ1) is 19.8. The van der Waals surface area contributed by atoms with Gasteiger partial charge in [0.1, 0.15) is 12.4 Å². The molecule has 0 radical (unpaired) electrons. The lowest BCUT2D eigenvalue weighted by Crippen LogP contribution is -2.62. The van der Waals surface area contributed by atoms with Crippen LogP contribution in [0.3, 0.4) is 0 Å². The fourth-order valence-corrected chi connectivity index (χ4v) is 3.27. The van der Waals surface area contributed by atoms with Crippen LogP contribution < -0.4 is 9.64 Å². The van der Waals surface area contributed by atoms with Crippen molar-refractivity contribution in [3.8, 4) is 5.75 Å². The lowest BCUT2D eigenvalue weighted by molar-refractivity contribution is -0.169. The monoisotopic (exact) mass is 383 g/mol. The number of carbonyl (C=O) groups is 2. The number of pyridine rings is 1. The average molecular weight is 383 g/mol. The van der Waals surface area contributed by atoms with E-state index in [0.717, 1.165) is 18.8 Å². The summed E-state index contributed by atoms with van der Waals surface area (Å²) >= 11 is 0. The molecule has 28 heavy (non-hydrogen) atoms. The van der Waals surface area contributed by atoms with Crippen molar-refractivity contribution in [2.75, 3.05) is 37.7 Å². The third kappa shape index (κ3) is 4.67. The van der Waals surface area contributed by atoms with E-state index < -0.39 is 17.5 Å². The molecule has 0 spiro atoms. The molecule has 0 aliphatic carbocycles. The molecule has 148 valence electrons. The quantitative estimate of drug-likeness (QED) is 0.559. The molecule has 2 aromatic rings. The summed E-state index contributed by atoms with van der Waals surface area (Å²) in [5.41, 5.74) is 0.0365. The van der Waals surface area contributed by atoms with Crippen LogP contribution in [0.4, 0.5) is 5.69 Å². The highest BCUT2D eigenvalue weighted by Gasteiger charge is 2.44. The van der Waals surface area contributed by atoms with E-state index in [9.17, 15) is 9.59 Å². The number of rotatable bonds is 6. The van der Waals surface area contributed by atoms with Crippen LogP contribution in [-0.4, -0.2) is 60.1 Å². The van der Waals surface area contributed by atoms with Crippen molar-refractivity contribution >= 4 is 17.6 Å². The van der Waals surface area contributed by atoms with Gasteiger partial charge in [0.25, 0.3) is 0 Å². The Morgan fingerprint density at radius 3 is 2.29 bits per heavy atom. The van der Waals surface area contributed by atoms with E-state index >= 15 is 0 Å². The van der Waals surface area contributed by atoms with Crippen molar-refractivity contribution in [2.45, 2.75) is 19.4 Å². The third-order valence-electron chi connectivity index (χ3n) is 4.94. The Morgan fingerprint density at radius 1 is 1.04 bits per heavy atom. The second-order valence-electron chi connectivity index (χ2n) is 6.94. The largest absolute Gasteiger partial charge is 0.491 e. The summed E-state index contributed by atoms with van der Waals surface area (Å²) in [6, 6.07) is 13.2. The van der Waals surface area contributed by atoms with E-state index in [1.165, 1.54) is 6.92 Å². The number of benzene rings is 1. The van der Waals surface area contributed by atoms with Crippen molar-refractivity contribution in [1.29, 1.82) is 0 Å². The maximum atomic E-state index is 12.8. The number of hydrogen-bond donors (Lipinski definition) is 0. The summed E-state index contributed by atoms with van der Waals surface area (Å²) in [5, 5.41) is 0. The summed E-state index contributed by atoms with van der Waals surface area (Å²) in [7, 11) is 0. The van der Waals surface area contributed by atoms with Crippen LogP contribution in [0.5, 0.6) is 5.75 Å². The van der Waals surface area contributed by atoms with E-state index in [1.807, 2.05) is 47.4 Å². The Hall–Kier alpha value is -2.93. The molecule has 0 bridgehead atoms. The van der Waals surface area contributed by atoms with Crippen LogP contribution in [-0.2, 0) is 14.3 Å². The van der Waals surface area contributed by atoms with E-state index in [4.69, 9.17) is 9.47 Å². The van der Waals surface area contributed by atoms with Crippen molar-refractivity contribution in [3.05, 3.63) is 54.9 Å². The predicted octanol–water partition coefficient (Wildman–Crippen LogP) is 2.13. The number of ether oxygens (including phenoxy) is 2. The van der Waals surface area contributed by atoms with Crippen LogP contribution in [0.1, 0.15) is 13.8 Å². The summed E-state index contributed by atoms with van der Waals surface area (Å²) in [5.74, 6) is -0.542. The van der Waals surface area contributed by atoms with Gasteiger partial charge in [0.15, 0.2) is 5.54 Å². The van der Waals surface area contributed by atoms with Crippen LogP contribution in [0.2, 0.25) is 0 Å². The number of piperazine rings is 1. The van der Waals surface area contributed by atoms with Gasteiger partial charge in [-0.3, -0.25) is 14.7 Å². The van der Waals surface area contributed by atoms with E-state index in [-0.39, 0.29) is 6.61 Å². The van der Waals surface area contributed by atoms with Crippen LogP contribution in [0.25, 0.3) is 0 Å². The van der Waals surface area contributed by atoms with Crippen LogP contribution in [0, 0.1) is 0 Å². The molecule has 1 saturated heterocycles. The lowest BCUT2D eigenvalue weighted by atomic mass is 9.99. The molecular weight excluding hydrogens is 358 g/mol. The number of para-hydroxylation sites is 1. The molecule has 1 atom stereocenters. The van der Waals surface area contributed by atoms with Crippen LogP contribution >= 0.6 is 0 Å². The topological polar surface area (TPSA) is 72.0 Å². The summed E-state index contributed by atoms with van der Waals surface area (Å²) in [4.78, 5) is 32.5. The average Bonchev–Trinajstić information content (AvgIpc) is 2.73. The molecule has 3 rings (SSSR count). The van der Waals surface area contributed by atoms with Gasteiger partial charge in [0, 0.05) is 51.2 Å². The van der Waals surface area contributed by atoms with Gasteiger partial charge in [-0.05, 0) is 31.2 Å². The molecule has 1 aromatic heterocycles. The molecule has 0 saturated carbocycles. The van der Waals surface area contributed by atoms with Crippen molar-refractivity contribution < 1.29 is 19.1 Å². The number of hydrogen-bond acceptors (Lipinski definition) is 7. The molecule has 1 aromatic carbocycles. The number of nitrogens with zero attached hydrogens (tertiary/aromatic N) is 3. The van der Waals surface area contributed by atoms with E-state index in [2.05, 4.69) is 9.88 Å². The summed E-state index contributed by atoms with van der Waals surface area (Å²) < 4.78 is 10.8. The first-order valence-corrected chi connectivity index (χ1v) is 9.30. The summed E-state index contributed by atoms with van der Waals surface area (Å²) in [6.45, 7) is 5.88.